The smallest absolute Gasteiger partial charge is 0.490 e. The van der Waals surface area contributed by atoms with Gasteiger partial charge in [0, 0.05) is 26.1 Å². The predicted octanol–water partition coefficient (Wildman–Crippen LogP) is 2.23. The number of unbranched alkanes of at least 4 members (excludes halogenated alkanes) is 2. The normalized spacial score (nSPS) is 11.1. The molecule has 0 aliphatic carbocycles. The van der Waals surface area contributed by atoms with Gasteiger partial charge in [0.05, 0.1) is 16.7 Å². The van der Waals surface area contributed by atoms with Crippen molar-refractivity contribution in [3.8, 4) is 5.75 Å². The molecule has 1 rings (SSSR count). The van der Waals surface area contributed by atoms with E-state index in [1.807, 2.05) is 0 Å². The van der Waals surface area contributed by atoms with Gasteiger partial charge in [0.25, 0.3) is 5.91 Å². The van der Waals surface area contributed by atoms with Crippen LogP contribution in [-0.4, -0.2) is 89.5 Å². The second kappa shape index (κ2) is 22.2. The van der Waals surface area contributed by atoms with Gasteiger partial charge in [-0.15, -0.1) is 0 Å². The van der Waals surface area contributed by atoms with Crippen LogP contribution in [0.15, 0.2) is 27.3 Å². The van der Waals surface area contributed by atoms with Gasteiger partial charge in [-0.1, -0.05) is 28.4 Å². The molecule has 15 nitrogen and oxygen atoms in total. The lowest BCUT2D eigenvalue weighted by atomic mass is 10.1. The van der Waals surface area contributed by atoms with E-state index in [-0.39, 0.29) is 34.1 Å². The van der Waals surface area contributed by atoms with Crippen LogP contribution in [0, 0.1) is 0 Å². The van der Waals surface area contributed by atoms with Crippen LogP contribution in [0.3, 0.4) is 0 Å². The number of carboxylic acid groups (broad SMARTS) is 2. The third-order valence-electron chi connectivity index (χ3n) is 4.56. The average Bonchev–Trinajstić information content (AvgIpc) is 2.91. The van der Waals surface area contributed by atoms with Crippen LogP contribution in [0.5, 0.6) is 5.75 Å². The molecular weight excluding hydrogens is 685 g/mol. The number of hydrogen-bond acceptors (Lipinski definition) is 8. The largest absolute Gasteiger partial charge is 0.490 e. The van der Waals surface area contributed by atoms with Crippen molar-refractivity contribution in [1.82, 2.24) is 5.32 Å². The number of benzene rings is 1. The van der Waals surface area contributed by atoms with Gasteiger partial charge >= 0.3 is 24.3 Å². The first-order chi connectivity index (χ1) is 21.1. The Bertz CT molecular complexity index is 1180. The molecule has 0 fully saturated rings. The van der Waals surface area contributed by atoms with Gasteiger partial charge in [0.2, 0.25) is 0 Å². The second-order valence-electron chi connectivity index (χ2n) is 8.35. The summed E-state index contributed by atoms with van der Waals surface area (Å²) in [5.41, 5.74) is 21.5. The minimum Gasteiger partial charge on any atom is -0.490 e. The van der Waals surface area contributed by atoms with Crippen molar-refractivity contribution < 1.29 is 60.9 Å². The fraction of sp³-hybridized carbons (Fsp3) is 0.478. The first-order valence-electron chi connectivity index (χ1n) is 12.4. The number of hydrogen-bond donors (Lipinski definition) is 8. The molecule has 1 amide bonds. The highest BCUT2D eigenvalue weighted by Gasteiger charge is 2.38. The third kappa shape index (κ3) is 22.2. The molecule has 0 atom stereocenters. The number of amides is 1. The summed E-state index contributed by atoms with van der Waals surface area (Å²) in [6, 6.07) is 3.21. The summed E-state index contributed by atoms with van der Waals surface area (Å²) in [6.45, 7) is 1.75. The number of aliphatic carboxylic acids is 2. The van der Waals surface area contributed by atoms with E-state index in [1.54, 1.807) is 12.1 Å². The summed E-state index contributed by atoms with van der Waals surface area (Å²) in [7, 11) is 0. The molecule has 0 spiro atoms. The number of ether oxygens (including phenoxy) is 1. The molecule has 0 saturated carbocycles. The zero-order valence-corrected chi connectivity index (χ0v) is 25.2. The summed E-state index contributed by atoms with van der Waals surface area (Å²) < 4.78 is 69.1. The van der Waals surface area contributed by atoms with Gasteiger partial charge < -0.3 is 48.4 Å². The fourth-order valence-corrected chi connectivity index (χ4v) is 3.19. The summed E-state index contributed by atoms with van der Waals surface area (Å²) >= 11 is 12.6. The number of halogens is 8. The van der Waals surface area contributed by atoms with Crippen molar-refractivity contribution in [3.05, 3.63) is 27.7 Å². The van der Waals surface area contributed by atoms with Gasteiger partial charge in [-0.3, -0.25) is 14.8 Å². The molecule has 0 unspecified atom stereocenters. The average molecular weight is 717 g/mol. The Morgan fingerprint density at radius 3 is 1.59 bits per heavy atom. The van der Waals surface area contributed by atoms with Gasteiger partial charge in [0.15, 0.2) is 17.7 Å². The van der Waals surface area contributed by atoms with Gasteiger partial charge in [-0.2, -0.15) is 26.3 Å². The first-order valence-corrected chi connectivity index (χ1v) is 13.2. The number of carboxylic acids is 2. The molecule has 46 heavy (non-hydrogen) atoms. The van der Waals surface area contributed by atoms with E-state index < -0.39 is 30.2 Å². The van der Waals surface area contributed by atoms with E-state index in [0.717, 1.165) is 6.42 Å². The van der Waals surface area contributed by atoms with E-state index in [4.69, 9.17) is 70.7 Å². The van der Waals surface area contributed by atoms with Crippen molar-refractivity contribution in [3.63, 3.8) is 0 Å². The molecule has 0 bridgehead atoms. The minimum absolute atomic E-state index is 0.0281. The lowest BCUT2D eigenvalue weighted by Crippen LogP contribution is -2.33. The van der Waals surface area contributed by atoms with E-state index in [0.29, 0.717) is 56.8 Å². The summed E-state index contributed by atoms with van der Waals surface area (Å²) in [4.78, 5) is 37.8. The number of guanidine groups is 2. The number of nitrogens with zero attached hydrogens (tertiary/aromatic N) is 3. The molecule has 12 N–H and O–H groups in total. The molecule has 0 saturated heterocycles. The van der Waals surface area contributed by atoms with Crippen molar-refractivity contribution in [2.24, 2.45) is 38.1 Å². The Morgan fingerprint density at radius 2 is 1.22 bits per heavy atom. The van der Waals surface area contributed by atoms with Gasteiger partial charge in [0.1, 0.15) is 5.71 Å². The van der Waals surface area contributed by atoms with Crippen LogP contribution in [0.2, 0.25) is 10.0 Å². The number of carbonyl (C=O) groups excluding carboxylic acids is 1. The van der Waals surface area contributed by atoms with Gasteiger partial charge in [-0.25, -0.2) is 9.59 Å². The van der Waals surface area contributed by atoms with E-state index >= 15 is 0 Å². The summed E-state index contributed by atoms with van der Waals surface area (Å²) in [5.74, 6) is -5.59. The first kappa shape index (κ1) is 43.7. The van der Waals surface area contributed by atoms with Crippen molar-refractivity contribution in [2.75, 3.05) is 26.2 Å². The monoisotopic (exact) mass is 716 g/mol. The van der Waals surface area contributed by atoms with Crippen LogP contribution in [0.4, 0.5) is 26.3 Å². The summed E-state index contributed by atoms with van der Waals surface area (Å²) in [5, 5.41) is 29.8. The van der Waals surface area contributed by atoms with Crippen LogP contribution in [-0.2, 0) is 20.8 Å². The zero-order chi connectivity index (χ0) is 36.1. The predicted molar refractivity (Wildman–Crippen MR) is 155 cm³/mol. The number of carbonyl (C=O) groups is 3. The van der Waals surface area contributed by atoms with Crippen molar-refractivity contribution in [1.29, 1.82) is 0 Å². The number of rotatable bonds is 14. The molecule has 0 aromatic heterocycles. The Kier molecular flexibility index (Phi) is 21.1. The molecule has 0 heterocycles. The molecular formula is C23H32Cl2F6N8O7. The number of alkyl halides is 6. The number of oxime groups is 1. The number of aliphatic imine (C=N–C) groups is 2. The number of nitrogens with two attached hydrogens (primary N) is 4. The molecule has 1 aromatic rings. The lowest BCUT2D eigenvalue weighted by molar-refractivity contribution is -0.193. The highest BCUT2D eigenvalue weighted by atomic mass is 35.5. The molecule has 0 radical (unpaired) electrons. The van der Waals surface area contributed by atoms with E-state index in [2.05, 4.69) is 20.5 Å². The second-order valence-corrected chi connectivity index (χ2v) is 9.16. The molecule has 1 aromatic carbocycles. The maximum atomic E-state index is 12.2. The molecule has 262 valence electrons. The maximum absolute atomic E-state index is 12.2. The van der Waals surface area contributed by atoms with E-state index in [9.17, 15) is 36.3 Å². The topological polar surface area (TPSA) is 274 Å². The van der Waals surface area contributed by atoms with Crippen molar-refractivity contribution in [2.45, 2.75) is 44.5 Å². The Morgan fingerprint density at radius 1 is 0.804 bits per heavy atom. The van der Waals surface area contributed by atoms with E-state index in [1.165, 1.54) is 0 Å². The Hall–Kier alpha value is -4.40. The molecule has 0 aliphatic rings. The zero-order valence-electron chi connectivity index (χ0n) is 23.7. The lowest BCUT2D eigenvalue weighted by Gasteiger charge is -2.12. The quantitative estimate of drug-likeness (QED) is 0.0345. The van der Waals surface area contributed by atoms with Crippen LogP contribution in [0.1, 0.15) is 31.2 Å². The SMILES string of the molecule is NC(N)=NCCCCNC(=O)/C(Cc1cc(Cl)c(OCCCCN=C(N)N)c(Cl)c1)=N/O.O=C(O)C(F)(F)F.O=C(O)C(F)(F)F. The molecule has 23 heteroatoms. The Labute approximate surface area is 267 Å². The minimum atomic E-state index is -5.08. The van der Waals surface area contributed by atoms with Crippen molar-refractivity contribution >= 4 is 58.7 Å². The maximum Gasteiger partial charge on any atom is 0.490 e. The van der Waals surface area contributed by atoms with Gasteiger partial charge in [-0.05, 0) is 43.4 Å². The third-order valence-corrected chi connectivity index (χ3v) is 5.12. The highest BCUT2D eigenvalue weighted by molar-refractivity contribution is 6.40. The Balaban J connectivity index is 0. The highest BCUT2D eigenvalue weighted by Crippen LogP contribution is 2.34. The van der Waals surface area contributed by atoms with Crippen LogP contribution in [0.25, 0.3) is 0 Å². The van der Waals surface area contributed by atoms with Crippen LogP contribution >= 0.6 is 23.2 Å². The van der Waals surface area contributed by atoms with Crippen LogP contribution < -0.4 is 33.0 Å². The molecule has 0 aliphatic heterocycles. The fourth-order valence-electron chi connectivity index (χ4n) is 2.55. The summed E-state index contributed by atoms with van der Waals surface area (Å²) in [6.07, 6.45) is -7.32. The number of nitrogens with one attached hydrogen (secondary N) is 1. The standard InChI is InChI=1S/C19H30Cl2N8O3.2C2HF3O2/c20-13-9-12(10-14(21)16(13)32-8-4-3-7-28-19(24)25)11-15(29-31)17(30)26-5-1-2-6-27-18(22)23;2*3-2(4,5)1(6)7/h9-10,31H,1-8,11H2,(H,26,30)(H4,22,23,27)(H4,24,25,28);2*(H,6,7)/b29-15+;;.